The van der Waals surface area contributed by atoms with E-state index in [2.05, 4.69) is 6.07 Å². The largest absolute Gasteiger partial charge is 0.416 e. The molecule has 0 aliphatic carbocycles. The number of rotatable bonds is 2. The van der Waals surface area contributed by atoms with Crippen molar-refractivity contribution < 1.29 is 18.0 Å². The molecule has 1 aromatic rings. The van der Waals surface area contributed by atoms with Gasteiger partial charge in [-0.05, 0) is 30.2 Å². The molecule has 4 nitrogen and oxygen atoms in total. The number of fused-ring (bicyclic) bond motifs is 1. The van der Waals surface area contributed by atoms with Gasteiger partial charge in [0.1, 0.15) is 0 Å². The monoisotopic (exact) mass is 323 g/mol. The standard InChI is InChI=1S/C16H16F3N3O/c1-15(7-20)8-22(9-15)5-10-3-11-12(6-21(2)14(11)23)13(4-10)16(17,18)19/h3-4H,5-6,8-9H2,1-2H3. The van der Waals surface area contributed by atoms with Crippen LogP contribution in [0.5, 0.6) is 0 Å². The summed E-state index contributed by atoms with van der Waals surface area (Å²) < 4.78 is 39.9. The van der Waals surface area contributed by atoms with E-state index < -0.39 is 17.2 Å². The Bertz CT molecular complexity index is 715. The van der Waals surface area contributed by atoms with Crippen LogP contribution in [0.4, 0.5) is 13.2 Å². The maximum Gasteiger partial charge on any atom is 0.416 e. The maximum atomic E-state index is 13.3. The number of benzene rings is 1. The van der Waals surface area contributed by atoms with Gasteiger partial charge in [-0.15, -0.1) is 0 Å². The third-order valence-corrected chi connectivity index (χ3v) is 4.41. The predicted molar refractivity (Wildman–Crippen MR) is 76.2 cm³/mol. The first-order valence-corrected chi connectivity index (χ1v) is 7.25. The molecular weight excluding hydrogens is 307 g/mol. The van der Waals surface area contributed by atoms with Gasteiger partial charge in [-0.1, -0.05) is 0 Å². The summed E-state index contributed by atoms with van der Waals surface area (Å²) in [6, 6.07) is 4.89. The van der Waals surface area contributed by atoms with Gasteiger partial charge in [-0.25, -0.2) is 0 Å². The van der Waals surface area contributed by atoms with E-state index in [1.54, 1.807) is 6.07 Å². The van der Waals surface area contributed by atoms with Gasteiger partial charge in [0, 0.05) is 38.8 Å². The maximum absolute atomic E-state index is 13.3. The molecule has 0 radical (unpaired) electrons. The van der Waals surface area contributed by atoms with Gasteiger partial charge in [-0.3, -0.25) is 9.69 Å². The molecule has 0 bridgehead atoms. The molecule has 122 valence electrons. The van der Waals surface area contributed by atoms with E-state index in [-0.39, 0.29) is 23.6 Å². The highest BCUT2D eigenvalue weighted by molar-refractivity contribution is 5.98. The van der Waals surface area contributed by atoms with Crippen LogP contribution in [0, 0.1) is 16.7 Å². The highest BCUT2D eigenvalue weighted by atomic mass is 19.4. The predicted octanol–water partition coefficient (Wildman–Crippen LogP) is 2.64. The highest BCUT2D eigenvalue weighted by Crippen LogP contribution is 2.38. The van der Waals surface area contributed by atoms with E-state index in [4.69, 9.17) is 5.26 Å². The number of hydrogen-bond donors (Lipinski definition) is 0. The first-order valence-electron chi connectivity index (χ1n) is 7.25. The Hall–Kier alpha value is -2.07. The molecule has 7 heteroatoms. The van der Waals surface area contributed by atoms with Crippen molar-refractivity contribution in [1.29, 1.82) is 5.26 Å². The first-order chi connectivity index (χ1) is 10.6. The van der Waals surface area contributed by atoms with E-state index in [1.165, 1.54) is 11.9 Å². The summed E-state index contributed by atoms with van der Waals surface area (Å²) in [4.78, 5) is 15.3. The minimum Gasteiger partial charge on any atom is -0.337 e. The number of alkyl halides is 3. The first kappa shape index (κ1) is 15.8. The molecule has 1 fully saturated rings. The molecule has 0 spiro atoms. The lowest BCUT2D eigenvalue weighted by Gasteiger charge is -2.43. The van der Waals surface area contributed by atoms with E-state index >= 15 is 0 Å². The number of hydrogen-bond acceptors (Lipinski definition) is 3. The van der Waals surface area contributed by atoms with Crippen molar-refractivity contribution in [1.82, 2.24) is 9.80 Å². The molecule has 3 rings (SSSR count). The van der Waals surface area contributed by atoms with Crippen LogP contribution in [0.3, 0.4) is 0 Å². The van der Waals surface area contributed by atoms with Crippen LogP contribution in [-0.2, 0) is 19.3 Å². The summed E-state index contributed by atoms with van der Waals surface area (Å²) in [5.74, 6) is -0.377. The van der Waals surface area contributed by atoms with Crippen molar-refractivity contribution in [3.8, 4) is 6.07 Å². The molecule has 0 saturated carbocycles. The zero-order valence-electron chi connectivity index (χ0n) is 12.9. The second-order valence-electron chi connectivity index (χ2n) is 6.65. The van der Waals surface area contributed by atoms with Crippen LogP contribution in [0.25, 0.3) is 0 Å². The van der Waals surface area contributed by atoms with Crippen LogP contribution >= 0.6 is 0 Å². The average molecular weight is 323 g/mol. The van der Waals surface area contributed by atoms with E-state index in [1.807, 2.05) is 11.8 Å². The summed E-state index contributed by atoms with van der Waals surface area (Å²) in [6.45, 7) is 3.17. The molecule has 2 heterocycles. The minimum absolute atomic E-state index is 0.0144. The van der Waals surface area contributed by atoms with Crippen LogP contribution in [0.2, 0.25) is 0 Å². The number of likely N-dealkylation sites (tertiary alicyclic amines) is 1. The van der Waals surface area contributed by atoms with Gasteiger partial charge in [0.2, 0.25) is 0 Å². The second-order valence-corrected chi connectivity index (χ2v) is 6.65. The van der Waals surface area contributed by atoms with E-state index in [0.717, 1.165) is 6.07 Å². The molecule has 1 amide bonds. The van der Waals surface area contributed by atoms with E-state index in [0.29, 0.717) is 25.2 Å². The Labute approximate surface area is 132 Å². The van der Waals surface area contributed by atoms with Crippen molar-refractivity contribution in [3.05, 3.63) is 34.4 Å². The zero-order chi connectivity index (χ0) is 17.0. The zero-order valence-corrected chi connectivity index (χ0v) is 12.9. The molecule has 2 aliphatic heterocycles. The second kappa shape index (κ2) is 4.96. The lowest BCUT2D eigenvalue weighted by Crippen LogP contribution is -2.53. The fourth-order valence-corrected chi connectivity index (χ4v) is 3.33. The fraction of sp³-hybridized carbons (Fsp3) is 0.500. The van der Waals surface area contributed by atoms with Gasteiger partial charge in [0.05, 0.1) is 17.0 Å². The van der Waals surface area contributed by atoms with Crippen LogP contribution < -0.4 is 0 Å². The Morgan fingerprint density at radius 1 is 1.35 bits per heavy atom. The van der Waals surface area contributed by atoms with Gasteiger partial charge in [0.25, 0.3) is 5.91 Å². The molecule has 0 aromatic heterocycles. The highest BCUT2D eigenvalue weighted by Gasteiger charge is 2.41. The summed E-state index contributed by atoms with van der Waals surface area (Å²) in [6.07, 6.45) is -4.48. The molecular formula is C16H16F3N3O. The van der Waals surface area contributed by atoms with Crippen molar-refractivity contribution in [2.45, 2.75) is 26.2 Å². The molecule has 23 heavy (non-hydrogen) atoms. The Morgan fingerprint density at radius 2 is 2.00 bits per heavy atom. The summed E-state index contributed by atoms with van der Waals surface area (Å²) in [5.41, 5.74) is -0.509. The quantitative estimate of drug-likeness (QED) is 0.840. The lowest BCUT2D eigenvalue weighted by molar-refractivity contribution is -0.138. The third-order valence-electron chi connectivity index (χ3n) is 4.41. The SMILES string of the molecule is CN1Cc2c(cc(CN3CC(C)(C#N)C3)cc2C(F)(F)F)C1=O. The lowest BCUT2D eigenvalue weighted by atomic mass is 9.83. The average Bonchev–Trinajstić information content (AvgIpc) is 2.71. The van der Waals surface area contributed by atoms with Gasteiger partial charge < -0.3 is 4.90 Å². The molecule has 0 unspecified atom stereocenters. The van der Waals surface area contributed by atoms with E-state index in [9.17, 15) is 18.0 Å². The summed E-state index contributed by atoms with van der Waals surface area (Å²) in [7, 11) is 1.50. The van der Waals surface area contributed by atoms with Gasteiger partial charge in [-0.2, -0.15) is 18.4 Å². The Morgan fingerprint density at radius 3 is 2.57 bits per heavy atom. The van der Waals surface area contributed by atoms with Crippen LogP contribution in [0.15, 0.2) is 12.1 Å². The Kier molecular flexibility index (Phi) is 3.41. The summed E-state index contributed by atoms with van der Waals surface area (Å²) in [5, 5.41) is 9.00. The van der Waals surface area contributed by atoms with Crippen LogP contribution in [-0.4, -0.2) is 35.8 Å². The number of amides is 1. The van der Waals surface area contributed by atoms with Gasteiger partial charge >= 0.3 is 6.18 Å². The molecule has 0 atom stereocenters. The number of nitriles is 1. The summed E-state index contributed by atoms with van der Waals surface area (Å²) >= 11 is 0. The van der Waals surface area contributed by atoms with Crippen molar-refractivity contribution >= 4 is 5.91 Å². The number of halogens is 3. The van der Waals surface area contributed by atoms with Gasteiger partial charge in [0.15, 0.2) is 0 Å². The van der Waals surface area contributed by atoms with Crippen molar-refractivity contribution in [2.24, 2.45) is 5.41 Å². The molecule has 1 saturated heterocycles. The van der Waals surface area contributed by atoms with Crippen molar-refractivity contribution in [2.75, 3.05) is 20.1 Å². The van der Waals surface area contributed by atoms with Crippen molar-refractivity contribution in [3.63, 3.8) is 0 Å². The minimum atomic E-state index is -4.48. The number of carbonyl (C=O) groups excluding carboxylic acids is 1. The fourth-order valence-electron chi connectivity index (χ4n) is 3.33. The number of carbonyl (C=O) groups is 1. The molecule has 0 N–H and O–H groups in total. The molecule has 1 aromatic carbocycles. The normalized spacial score (nSPS) is 20.2. The number of nitrogens with zero attached hydrogens (tertiary/aromatic N) is 3. The smallest absolute Gasteiger partial charge is 0.337 e. The Balaban J connectivity index is 1.92. The van der Waals surface area contributed by atoms with Crippen LogP contribution in [0.1, 0.15) is 34.0 Å². The molecule has 2 aliphatic rings. The topological polar surface area (TPSA) is 47.3 Å². The third kappa shape index (κ3) is 2.68.